The number of nitrogens with zero attached hydrogens (tertiary/aromatic N) is 3. The van der Waals surface area contributed by atoms with Crippen LogP contribution in [-0.4, -0.2) is 47.8 Å². The van der Waals surface area contributed by atoms with Gasteiger partial charge in [-0.05, 0) is 38.5 Å². The number of carbonyl (C=O) groups excluding carboxylic acids is 2. The Bertz CT molecular complexity index is 809. The van der Waals surface area contributed by atoms with Gasteiger partial charge in [-0.2, -0.15) is 5.10 Å². The van der Waals surface area contributed by atoms with Crippen molar-refractivity contribution in [1.29, 1.82) is 0 Å². The van der Waals surface area contributed by atoms with Crippen LogP contribution >= 0.6 is 0 Å². The van der Waals surface area contributed by atoms with E-state index in [4.69, 9.17) is 14.2 Å². The van der Waals surface area contributed by atoms with Gasteiger partial charge in [0.25, 0.3) is 0 Å². The summed E-state index contributed by atoms with van der Waals surface area (Å²) in [6, 6.07) is 9.30. The molecule has 1 aromatic carbocycles. The van der Waals surface area contributed by atoms with Crippen molar-refractivity contribution in [2.24, 2.45) is 10.9 Å². The molecular weight excluding hydrogens is 362 g/mol. The third-order valence-corrected chi connectivity index (χ3v) is 3.94. The number of hydrogen-bond donors (Lipinski definition) is 0. The van der Waals surface area contributed by atoms with Gasteiger partial charge in [-0.1, -0.05) is 12.1 Å². The molecule has 0 bridgehead atoms. The Morgan fingerprint density at radius 1 is 1.07 bits per heavy atom. The number of rotatable bonds is 9. The molecule has 8 nitrogen and oxygen atoms in total. The molecule has 0 aliphatic rings. The molecule has 2 aromatic rings. The van der Waals surface area contributed by atoms with E-state index in [0.717, 1.165) is 11.3 Å². The molecule has 2 rings (SSSR count). The summed E-state index contributed by atoms with van der Waals surface area (Å²) in [5.41, 5.74) is 1.29. The van der Waals surface area contributed by atoms with E-state index in [1.807, 2.05) is 24.3 Å². The van der Waals surface area contributed by atoms with Crippen LogP contribution < -0.4 is 4.74 Å². The molecule has 1 heterocycles. The first-order valence-corrected chi connectivity index (χ1v) is 9.03. The van der Waals surface area contributed by atoms with E-state index in [2.05, 4.69) is 10.1 Å². The van der Waals surface area contributed by atoms with Crippen molar-refractivity contribution in [3.8, 4) is 5.75 Å². The summed E-state index contributed by atoms with van der Waals surface area (Å²) in [4.78, 5) is 28.9. The van der Waals surface area contributed by atoms with Crippen LogP contribution in [0.3, 0.4) is 0 Å². The molecule has 28 heavy (non-hydrogen) atoms. The number of aliphatic imine (C=N–C) groups is 1. The first-order chi connectivity index (χ1) is 13.5. The average Bonchev–Trinajstić information content (AvgIpc) is 3.09. The molecule has 0 N–H and O–H groups in total. The summed E-state index contributed by atoms with van der Waals surface area (Å²) < 4.78 is 16.8. The molecule has 0 aliphatic heterocycles. The van der Waals surface area contributed by atoms with E-state index in [1.165, 1.54) is 0 Å². The van der Waals surface area contributed by atoms with Gasteiger partial charge in [0.15, 0.2) is 11.7 Å². The Labute approximate surface area is 164 Å². The van der Waals surface area contributed by atoms with E-state index in [1.54, 1.807) is 44.8 Å². The summed E-state index contributed by atoms with van der Waals surface area (Å²) in [5, 5.41) is 4.27. The number of aromatic nitrogens is 2. The van der Waals surface area contributed by atoms with Crippen LogP contribution in [0.5, 0.6) is 5.75 Å². The maximum absolute atomic E-state index is 12.2. The minimum Gasteiger partial charge on any atom is -0.497 e. The zero-order chi connectivity index (χ0) is 20.5. The summed E-state index contributed by atoms with van der Waals surface area (Å²) in [6.45, 7) is 5.76. The molecule has 0 atom stereocenters. The largest absolute Gasteiger partial charge is 0.497 e. The number of benzene rings is 1. The zero-order valence-electron chi connectivity index (χ0n) is 16.5. The van der Waals surface area contributed by atoms with E-state index >= 15 is 0 Å². The highest BCUT2D eigenvalue weighted by atomic mass is 16.6. The molecule has 0 aliphatic carbocycles. The number of methoxy groups -OCH3 is 1. The van der Waals surface area contributed by atoms with Gasteiger partial charge < -0.3 is 14.2 Å². The van der Waals surface area contributed by atoms with E-state index in [-0.39, 0.29) is 18.9 Å². The number of hydrogen-bond acceptors (Lipinski definition) is 7. The highest BCUT2D eigenvalue weighted by molar-refractivity contribution is 6.16. The van der Waals surface area contributed by atoms with Crippen LogP contribution in [0.1, 0.15) is 26.3 Å². The molecule has 0 saturated carbocycles. The van der Waals surface area contributed by atoms with Crippen molar-refractivity contribution < 1.29 is 23.8 Å². The van der Waals surface area contributed by atoms with Crippen molar-refractivity contribution in [1.82, 2.24) is 9.78 Å². The van der Waals surface area contributed by atoms with Gasteiger partial charge in [-0.15, -0.1) is 0 Å². The molecule has 150 valence electrons. The Balaban J connectivity index is 2.25. The third-order valence-electron chi connectivity index (χ3n) is 3.94. The Morgan fingerprint density at radius 3 is 2.21 bits per heavy atom. The lowest BCUT2D eigenvalue weighted by Gasteiger charge is -2.14. The highest BCUT2D eigenvalue weighted by Gasteiger charge is 2.32. The predicted molar refractivity (Wildman–Crippen MR) is 104 cm³/mol. The monoisotopic (exact) mass is 387 g/mol. The molecule has 0 saturated heterocycles. The van der Waals surface area contributed by atoms with Crippen molar-refractivity contribution in [3.05, 3.63) is 42.1 Å². The Kier molecular flexibility index (Phi) is 7.74. The van der Waals surface area contributed by atoms with Gasteiger partial charge in [0.05, 0.1) is 33.1 Å². The van der Waals surface area contributed by atoms with Crippen LogP contribution in [0, 0.1) is 5.92 Å². The van der Waals surface area contributed by atoms with Gasteiger partial charge in [-0.25, -0.2) is 9.67 Å². The summed E-state index contributed by atoms with van der Waals surface area (Å²) in [5.74, 6) is -1.27. The second-order valence-electron chi connectivity index (χ2n) is 5.89. The van der Waals surface area contributed by atoms with Crippen LogP contribution in [0.25, 0.3) is 0 Å². The lowest BCUT2D eigenvalue weighted by Crippen LogP contribution is -2.33. The fourth-order valence-electron chi connectivity index (χ4n) is 2.58. The fourth-order valence-corrected chi connectivity index (χ4v) is 2.58. The maximum Gasteiger partial charge on any atom is 0.326 e. The maximum atomic E-state index is 12.2. The second-order valence-corrected chi connectivity index (χ2v) is 5.89. The lowest BCUT2D eigenvalue weighted by molar-refractivity contribution is -0.157. The highest BCUT2D eigenvalue weighted by Crippen LogP contribution is 2.18. The Morgan fingerprint density at radius 2 is 1.68 bits per heavy atom. The van der Waals surface area contributed by atoms with Gasteiger partial charge >= 0.3 is 11.9 Å². The van der Waals surface area contributed by atoms with Gasteiger partial charge in [0, 0.05) is 11.8 Å². The van der Waals surface area contributed by atoms with Crippen molar-refractivity contribution in [3.63, 3.8) is 0 Å². The molecule has 0 radical (unpaired) electrons. The third kappa shape index (κ3) is 5.42. The van der Waals surface area contributed by atoms with E-state index < -0.39 is 17.9 Å². The topological polar surface area (TPSA) is 92.0 Å². The average molecular weight is 387 g/mol. The van der Waals surface area contributed by atoms with Crippen LogP contribution in [-0.2, 0) is 25.6 Å². The minimum atomic E-state index is -1.20. The quantitative estimate of drug-likeness (QED) is 0.373. The van der Waals surface area contributed by atoms with Crippen LogP contribution in [0.4, 0.5) is 5.82 Å². The number of ether oxygens (including phenoxy) is 3. The first kappa shape index (κ1) is 21.1. The van der Waals surface area contributed by atoms with Crippen LogP contribution in [0.15, 0.2) is 41.5 Å². The van der Waals surface area contributed by atoms with Crippen LogP contribution in [0.2, 0.25) is 0 Å². The molecule has 0 fully saturated rings. The molecule has 1 aromatic heterocycles. The summed E-state index contributed by atoms with van der Waals surface area (Å²) in [7, 11) is 1.61. The number of esters is 2. The van der Waals surface area contributed by atoms with Crippen molar-refractivity contribution >= 4 is 23.5 Å². The van der Waals surface area contributed by atoms with Crippen molar-refractivity contribution in [2.75, 3.05) is 20.3 Å². The molecular formula is C20H25N3O5. The summed E-state index contributed by atoms with van der Waals surface area (Å²) in [6.07, 6.45) is 1.61. The second kappa shape index (κ2) is 10.2. The Hall–Kier alpha value is -3.16. The molecule has 0 amide bonds. The number of carbonyl (C=O) groups is 2. The van der Waals surface area contributed by atoms with Gasteiger partial charge in [0.2, 0.25) is 0 Å². The van der Waals surface area contributed by atoms with E-state index in [9.17, 15) is 9.59 Å². The molecule has 0 spiro atoms. The molecule has 8 heteroatoms. The SMILES string of the molecule is CCOC(=O)C(C(=O)OCC)C(C)=Nc1ccnn1Cc1ccc(OC)cc1. The normalized spacial score (nSPS) is 11.4. The zero-order valence-corrected chi connectivity index (χ0v) is 16.5. The lowest BCUT2D eigenvalue weighted by atomic mass is 10.1. The summed E-state index contributed by atoms with van der Waals surface area (Å²) >= 11 is 0. The fraction of sp³-hybridized carbons (Fsp3) is 0.400. The molecule has 0 unspecified atom stereocenters. The van der Waals surface area contributed by atoms with E-state index in [0.29, 0.717) is 12.4 Å². The standard InChI is InChI=1S/C20H25N3O5/c1-5-27-19(24)18(20(25)28-6-2)14(3)22-17-11-12-21-23(17)13-15-7-9-16(26-4)10-8-15/h7-12,18H,5-6,13H2,1-4H3. The van der Waals surface area contributed by atoms with Gasteiger partial charge in [-0.3, -0.25) is 9.59 Å². The smallest absolute Gasteiger partial charge is 0.326 e. The van der Waals surface area contributed by atoms with Crippen molar-refractivity contribution in [2.45, 2.75) is 27.3 Å². The minimum absolute atomic E-state index is 0.164. The predicted octanol–water partition coefficient (Wildman–Crippen LogP) is 2.77. The first-order valence-electron chi connectivity index (χ1n) is 9.03. The van der Waals surface area contributed by atoms with Gasteiger partial charge in [0.1, 0.15) is 5.75 Å².